The molecule has 2 N–H and O–H groups in total. The van der Waals surface area contributed by atoms with E-state index in [1.165, 1.54) is 35.1 Å². The largest absolute Gasteiger partial charge is 0.496 e. The minimum Gasteiger partial charge on any atom is -0.496 e. The van der Waals surface area contributed by atoms with E-state index in [2.05, 4.69) is 0 Å². The summed E-state index contributed by atoms with van der Waals surface area (Å²) in [6, 6.07) is 11.2. The molecule has 4 aromatic rings. The Morgan fingerprint density at radius 3 is 2.45 bits per heavy atom. The molecule has 0 radical (unpaired) electrons. The van der Waals surface area contributed by atoms with Gasteiger partial charge in [-0.2, -0.15) is 8.42 Å². The van der Waals surface area contributed by atoms with Crippen molar-refractivity contribution in [3.05, 3.63) is 58.2 Å². The van der Waals surface area contributed by atoms with Crippen molar-refractivity contribution in [2.24, 2.45) is 0 Å². The lowest BCUT2D eigenvalue weighted by Crippen LogP contribution is -2.22. The lowest BCUT2D eigenvalue weighted by atomic mass is 9.97. The Bertz CT molecular complexity index is 1380. The zero-order valence-corrected chi connectivity index (χ0v) is 17.0. The molecule has 0 atom stereocenters. The summed E-state index contributed by atoms with van der Waals surface area (Å²) >= 11 is 1.32. The van der Waals surface area contributed by atoms with Crippen LogP contribution in [0.5, 0.6) is 5.75 Å². The normalized spacial score (nSPS) is 12.0. The highest BCUT2D eigenvalue weighted by Gasteiger charge is 2.19. The van der Waals surface area contributed by atoms with Gasteiger partial charge < -0.3 is 14.4 Å². The molecule has 150 valence electrons. The number of aromatic nitrogens is 1. The number of rotatable bonds is 5. The molecule has 0 aliphatic carbocycles. The molecule has 4 rings (SSSR count). The van der Waals surface area contributed by atoms with Crippen LogP contribution in [0.3, 0.4) is 0 Å². The summed E-state index contributed by atoms with van der Waals surface area (Å²) in [5.74, 6) is 0.554. The van der Waals surface area contributed by atoms with Crippen LogP contribution >= 0.6 is 11.3 Å². The Morgan fingerprint density at radius 2 is 1.83 bits per heavy atom. The standard InChI is InChI=1S/C20H17NO6S2/c1-27-16-7-6-15-18(14-8-11-28-19(14)20(23)21(15)9-10-22)17(16)12-2-4-13(5-3-12)29(24,25)26/h2-8,11,22H,9-10H2,1H3,(H,24,25,26). The molecule has 29 heavy (non-hydrogen) atoms. The highest BCUT2D eigenvalue weighted by atomic mass is 32.2. The fourth-order valence-electron chi connectivity index (χ4n) is 3.55. The highest BCUT2D eigenvalue weighted by Crippen LogP contribution is 2.41. The first-order valence-electron chi connectivity index (χ1n) is 8.66. The van der Waals surface area contributed by atoms with Gasteiger partial charge in [0.05, 0.1) is 24.1 Å². The van der Waals surface area contributed by atoms with Gasteiger partial charge in [-0.15, -0.1) is 11.3 Å². The van der Waals surface area contributed by atoms with E-state index < -0.39 is 10.1 Å². The molecule has 2 aromatic carbocycles. The van der Waals surface area contributed by atoms with Gasteiger partial charge in [0.1, 0.15) is 10.4 Å². The van der Waals surface area contributed by atoms with Gasteiger partial charge in [-0.05, 0) is 41.3 Å². The summed E-state index contributed by atoms with van der Waals surface area (Å²) < 4.78 is 39.7. The number of aliphatic hydroxyl groups is 1. The number of hydrogen-bond donors (Lipinski definition) is 2. The van der Waals surface area contributed by atoms with E-state index in [0.717, 1.165) is 10.8 Å². The second-order valence-electron chi connectivity index (χ2n) is 6.38. The van der Waals surface area contributed by atoms with Crippen molar-refractivity contribution in [2.75, 3.05) is 13.7 Å². The summed E-state index contributed by atoms with van der Waals surface area (Å²) in [5.41, 5.74) is 1.84. The van der Waals surface area contributed by atoms with Gasteiger partial charge in [0.15, 0.2) is 0 Å². The summed E-state index contributed by atoms with van der Waals surface area (Å²) in [7, 11) is -2.77. The number of pyridine rings is 1. The first kappa shape index (κ1) is 19.6. The van der Waals surface area contributed by atoms with Gasteiger partial charge in [-0.1, -0.05) is 12.1 Å². The maximum Gasteiger partial charge on any atom is 0.294 e. The smallest absolute Gasteiger partial charge is 0.294 e. The molecule has 9 heteroatoms. The van der Waals surface area contributed by atoms with Gasteiger partial charge in [-0.3, -0.25) is 9.35 Å². The quantitative estimate of drug-likeness (QED) is 0.470. The van der Waals surface area contributed by atoms with Crippen molar-refractivity contribution in [2.45, 2.75) is 11.4 Å². The van der Waals surface area contributed by atoms with Gasteiger partial charge >= 0.3 is 0 Å². The summed E-state index contributed by atoms with van der Waals surface area (Å²) in [6.07, 6.45) is 0. The van der Waals surface area contributed by atoms with Crippen LogP contribution in [0, 0.1) is 0 Å². The van der Waals surface area contributed by atoms with Gasteiger partial charge in [0, 0.05) is 22.9 Å². The molecule has 0 bridgehead atoms. The molecule has 0 aliphatic heterocycles. The Morgan fingerprint density at radius 1 is 1.10 bits per heavy atom. The summed E-state index contributed by atoms with van der Waals surface area (Å²) in [6.45, 7) is -0.0348. The van der Waals surface area contributed by atoms with Crippen LogP contribution in [0.4, 0.5) is 0 Å². The van der Waals surface area contributed by atoms with Crippen molar-refractivity contribution in [3.8, 4) is 16.9 Å². The van der Waals surface area contributed by atoms with Gasteiger partial charge in [0.25, 0.3) is 15.7 Å². The number of benzene rings is 2. The number of methoxy groups -OCH3 is 1. The second-order valence-corrected chi connectivity index (χ2v) is 8.72. The average molecular weight is 431 g/mol. The Balaban J connectivity index is 2.14. The third kappa shape index (κ3) is 3.22. The molecule has 7 nitrogen and oxygen atoms in total. The summed E-state index contributed by atoms with van der Waals surface area (Å²) in [5, 5.41) is 12.8. The average Bonchev–Trinajstić information content (AvgIpc) is 3.19. The van der Waals surface area contributed by atoms with Crippen molar-refractivity contribution in [1.82, 2.24) is 4.57 Å². The molecule has 0 aliphatic rings. The first-order chi connectivity index (χ1) is 13.9. The van der Waals surface area contributed by atoms with E-state index in [1.807, 2.05) is 11.4 Å². The zero-order valence-electron chi connectivity index (χ0n) is 15.3. The third-order valence-electron chi connectivity index (χ3n) is 4.79. The second kappa shape index (κ2) is 7.27. The topological polar surface area (TPSA) is 106 Å². The number of nitrogens with zero attached hydrogens (tertiary/aromatic N) is 1. The van der Waals surface area contributed by atoms with Crippen LogP contribution in [0.2, 0.25) is 0 Å². The zero-order chi connectivity index (χ0) is 20.8. The van der Waals surface area contributed by atoms with E-state index in [9.17, 15) is 22.9 Å². The molecule has 0 saturated heterocycles. The van der Waals surface area contributed by atoms with Crippen LogP contribution in [-0.4, -0.2) is 36.4 Å². The van der Waals surface area contributed by atoms with Crippen LogP contribution in [-0.2, 0) is 16.7 Å². The van der Waals surface area contributed by atoms with E-state index in [4.69, 9.17) is 4.74 Å². The highest BCUT2D eigenvalue weighted by molar-refractivity contribution is 7.85. The number of hydrogen-bond acceptors (Lipinski definition) is 6. The van der Waals surface area contributed by atoms with E-state index >= 15 is 0 Å². The Hall–Kier alpha value is -2.72. The SMILES string of the molecule is COc1ccc2c(c1-c1ccc(S(=O)(=O)O)cc1)c1ccsc1c(=O)n2CCO. The lowest BCUT2D eigenvalue weighted by Gasteiger charge is -2.17. The monoisotopic (exact) mass is 431 g/mol. The van der Waals surface area contributed by atoms with Crippen LogP contribution in [0.1, 0.15) is 0 Å². The molecule has 0 fully saturated rings. The number of thiophene rings is 1. The van der Waals surface area contributed by atoms with E-state index in [1.54, 1.807) is 24.3 Å². The molecule has 2 aromatic heterocycles. The van der Waals surface area contributed by atoms with E-state index in [-0.39, 0.29) is 23.6 Å². The minimum atomic E-state index is -4.31. The van der Waals surface area contributed by atoms with Crippen LogP contribution in [0.25, 0.3) is 32.1 Å². The van der Waals surface area contributed by atoms with Crippen LogP contribution in [0.15, 0.2) is 57.5 Å². The molecule has 0 unspecified atom stereocenters. The van der Waals surface area contributed by atoms with Crippen molar-refractivity contribution in [3.63, 3.8) is 0 Å². The first-order valence-corrected chi connectivity index (χ1v) is 11.0. The molecular weight excluding hydrogens is 414 g/mol. The molecule has 0 amide bonds. The maximum absolute atomic E-state index is 12.9. The van der Waals surface area contributed by atoms with Gasteiger partial charge in [0.2, 0.25) is 0 Å². The predicted molar refractivity (Wildman–Crippen MR) is 112 cm³/mol. The Labute approximate surface area is 170 Å². The van der Waals surface area contributed by atoms with Crippen molar-refractivity contribution < 1.29 is 22.8 Å². The fourth-order valence-corrected chi connectivity index (χ4v) is 4.87. The number of ether oxygens (including phenoxy) is 1. The van der Waals surface area contributed by atoms with Gasteiger partial charge in [-0.25, -0.2) is 0 Å². The molecule has 0 spiro atoms. The van der Waals surface area contributed by atoms with Crippen LogP contribution < -0.4 is 10.3 Å². The Kier molecular flexibility index (Phi) is 4.91. The molecule has 0 saturated carbocycles. The molecule has 2 heterocycles. The fraction of sp³-hybridized carbons (Fsp3) is 0.150. The predicted octanol–water partition coefficient (Wildman–Crippen LogP) is 3.13. The maximum atomic E-state index is 12.9. The number of fused-ring (bicyclic) bond motifs is 3. The summed E-state index contributed by atoms with van der Waals surface area (Å²) in [4.78, 5) is 12.7. The molecular formula is C20H17NO6S2. The minimum absolute atomic E-state index is 0.149. The number of aliphatic hydroxyl groups excluding tert-OH is 1. The van der Waals surface area contributed by atoms with E-state index in [0.29, 0.717) is 27.1 Å². The van der Waals surface area contributed by atoms with Crippen molar-refractivity contribution in [1.29, 1.82) is 0 Å². The lowest BCUT2D eigenvalue weighted by molar-refractivity contribution is 0.276. The van der Waals surface area contributed by atoms with Crippen molar-refractivity contribution >= 4 is 42.4 Å². The third-order valence-corrected chi connectivity index (χ3v) is 6.56.